The van der Waals surface area contributed by atoms with Crippen molar-refractivity contribution in [2.75, 3.05) is 0 Å². The van der Waals surface area contributed by atoms with Crippen molar-refractivity contribution in [1.29, 1.82) is 0 Å². The number of nitrogens with zero attached hydrogens (tertiary/aromatic N) is 2. The zero-order valence-corrected chi connectivity index (χ0v) is 7.21. The predicted molar refractivity (Wildman–Crippen MR) is 45.2 cm³/mol. The van der Waals surface area contributed by atoms with Crippen molar-refractivity contribution in [3.63, 3.8) is 0 Å². The maximum atomic E-state index is 11.3. The molecule has 1 aliphatic carbocycles. The maximum Gasteiger partial charge on any atom is 0.183 e. The normalized spacial score (nSPS) is 16.2. The molecule has 64 valence electrons. The average molecular weight is 164 g/mol. The summed E-state index contributed by atoms with van der Waals surface area (Å²) in [5.74, 6) is 0.212. The van der Waals surface area contributed by atoms with Crippen LogP contribution in [0.25, 0.3) is 0 Å². The first-order valence-corrected chi connectivity index (χ1v) is 4.40. The second kappa shape index (κ2) is 2.73. The van der Waals surface area contributed by atoms with Crippen molar-refractivity contribution >= 4 is 5.78 Å². The van der Waals surface area contributed by atoms with Gasteiger partial charge in [-0.2, -0.15) is 0 Å². The number of aryl methyl sites for hydroxylation is 1. The number of ketones is 1. The van der Waals surface area contributed by atoms with Gasteiger partial charge in [-0.05, 0) is 19.8 Å². The van der Waals surface area contributed by atoms with Crippen molar-refractivity contribution in [2.24, 2.45) is 0 Å². The van der Waals surface area contributed by atoms with Crippen LogP contribution in [0.1, 0.15) is 35.9 Å². The molecule has 0 N–H and O–H groups in total. The van der Waals surface area contributed by atoms with Crippen LogP contribution in [0.5, 0.6) is 0 Å². The summed E-state index contributed by atoms with van der Waals surface area (Å²) >= 11 is 0. The topological polar surface area (TPSA) is 34.9 Å². The van der Waals surface area contributed by atoms with Gasteiger partial charge in [0.15, 0.2) is 5.78 Å². The van der Waals surface area contributed by atoms with Crippen LogP contribution in [0, 0.1) is 0 Å². The van der Waals surface area contributed by atoms with Crippen molar-refractivity contribution < 1.29 is 4.79 Å². The lowest BCUT2D eigenvalue weighted by Crippen LogP contribution is -2.13. The van der Waals surface area contributed by atoms with Gasteiger partial charge in [0.05, 0.1) is 6.33 Å². The van der Waals surface area contributed by atoms with Gasteiger partial charge in [0.25, 0.3) is 0 Å². The zero-order chi connectivity index (χ0) is 8.55. The largest absolute Gasteiger partial charge is 0.334 e. The third-order valence-electron chi connectivity index (χ3n) is 2.37. The van der Waals surface area contributed by atoms with Crippen LogP contribution in [0.4, 0.5) is 0 Å². The fourth-order valence-electron chi connectivity index (χ4n) is 1.71. The standard InChI is InChI=1S/C9H12N2O/c1-2-11-6-10-9-7(11)4-3-5-8(9)12/h6H,2-5H2,1H3. The van der Waals surface area contributed by atoms with E-state index in [1.54, 1.807) is 6.33 Å². The third kappa shape index (κ3) is 0.967. The van der Waals surface area contributed by atoms with Crippen molar-refractivity contribution in [3.05, 3.63) is 17.7 Å². The number of aromatic nitrogens is 2. The Hall–Kier alpha value is -1.12. The highest BCUT2D eigenvalue weighted by Gasteiger charge is 2.21. The number of imidazole rings is 1. The van der Waals surface area contributed by atoms with Crippen LogP contribution in [0.15, 0.2) is 6.33 Å². The SMILES string of the molecule is CCn1cnc2c1CCCC2=O. The van der Waals surface area contributed by atoms with E-state index in [0.717, 1.165) is 25.1 Å². The molecule has 0 fully saturated rings. The molecule has 1 aromatic rings. The average Bonchev–Trinajstić information content (AvgIpc) is 2.49. The van der Waals surface area contributed by atoms with E-state index in [4.69, 9.17) is 0 Å². The summed E-state index contributed by atoms with van der Waals surface area (Å²) in [4.78, 5) is 15.5. The number of carbonyl (C=O) groups is 1. The summed E-state index contributed by atoms with van der Waals surface area (Å²) in [6.45, 7) is 2.98. The minimum absolute atomic E-state index is 0.212. The molecule has 12 heavy (non-hydrogen) atoms. The molecule has 0 amide bonds. The molecule has 0 radical (unpaired) electrons. The van der Waals surface area contributed by atoms with Gasteiger partial charge in [0.1, 0.15) is 5.69 Å². The summed E-state index contributed by atoms with van der Waals surface area (Å²) in [6.07, 6.45) is 4.44. The summed E-state index contributed by atoms with van der Waals surface area (Å²) in [6, 6.07) is 0. The number of hydrogen-bond acceptors (Lipinski definition) is 2. The van der Waals surface area contributed by atoms with E-state index in [1.807, 2.05) is 0 Å². The molecule has 1 aliphatic rings. The third-order valence-corrected chi connectivity index (χ3v) is 2.37. The van der Waals surface area contributed by atoms with Crippen LogP contribution in [-0.2, 0) is 13.0 Å². The molecular weight excluding hydrogens is 152 g/mol. The van der Waals surface area contributed by atoms with Crippen LogP contribution in [-0.4, -0.2) is 15.3 Å². The van der Waals surface area contributed by atoms with Crippen LogP contribution < -0.4 is 0 Å². The van der Waals surface area contributed by atoms with Gasteiger partial charge in [-0.25, -0.2) is 4.98 Å². The van der Waals surface area contributed by atoms with Gasteiger partial charge in [-0.1, -0.05) is 0 Å². The number of carbonyl (C=O) groups excluding carboxylic acids is 1. The molecular formula is C9H12N2O. The fourth-order valence-corrected chi connectivity index (χ4v) is 1.71. The molecule has 0 spiro atoms. The highest BCUT2D eigenvalue weighted by atomic mass is 16.1. The quantitative estimate of drug-likeness (QED) is 0.629. The van der Waals surface area contributed by atoms with Gasteiger partial charge < -0.3 is 4.57 Å². The van der Waals surface area contributed by atoms with Crippen LogP contribution in [0.2, 0.25) is 0 Å². The number of Topliss-reactive ketones (excluding diaryl/α,β-unsaturated/α-hetero) is 1. The summed E-state index contributed by atoms with van der Waals surface area (Å²) in [5.41, 5.74) is 1.84. The lowest BCUT2D eigenvalue weighted by molar-refractivity contribution is 0.0967. The van der Waals surface area contributed by atoms with Crippen LogP contribution >= 0.6 is 0 Å². The number of rotatable bonds is 1. The molecule has 0 bridgehead atoms. The Labute approximate surface area is 71.4 Å². The second-order valence-corrected chi connectivity index (χ2v) is 3.10. The Kier molecular flexibility index (Phi) is 1.71. The lowest BCUT2D eigenvalue weighted by atomic mass is 10.00. The van der Waals surface area contributed by atoms with Gasteiger partial charge in [0, 0.05) is 18.7 Å². The Morgan fingerprint density at radius 2 is 2.42 bits per heavy atom. The van der Waals surface area contributed by atoms with E-state index >= 15 is 0 Å². The smallest absolute Gasteiger partial charge is 0.183 e. The van der Waals surface area contributed by atoms with Crippen molar-refractivity contribution in [2.45, 2.75) is 32.7 Å². The lowest BCUT2D eigenvalue weighted by Gasteiger charge is -2.11. The maximum absolute atomic E-state index is 11.3. The van der Waals surface area contributed by atoms with E-state index in [-0.39, 0.29) is 5.78 Å². The molecule has 0 unspecified atom stereocenters. The van der Waals surface area contributed by atoms with Crippen LogP contribution in [0.3, 0.4) is 0 Å². The van der Waals surface area contributed by atoms with Gasteiger partial charge in [-0.15, -0.1) is 0 Å². The molecule has 1 heterocycles. The Morgan fingerprint density at radius 1 is 1.58 bits per heavy atom. The molecule has 3 nitrogen and oxygen atoms in total. The minimum atomic E-state index is 0.212. The predicted octanol–water partition coefficient (Wildman–Crippen LogP) is 1.42. The van der Waals surface area contributed by atoms with E-state index in [1.165, 1.54) is 0 Å². The molecule has 0 saturated carbocycles. The summed E-state index contributed by atoms with van der Waals surface area (Å²) < 4.78 is 2.06. The zero-order valence-electron chi connectivity index (χ0n) is 7.21. The van der Waals surface area contributed by atoms with Gasteiger partial charge in [0.2, 0.25) is 0 Å². The minimum Gasteiger partial charge on any atom is -0.334 e. The Balaban J connectivity index is 2.48. The Morgan fingerprint density at radius 3 is 3.17 bits per heavy atom. The van der Waals surface area contributed by atoms with E-state index < -0.39 is 0 Å². The van der Waals surface area contributed by atoms with E-state index in [9.17, 15) is 4.79 Å². The summed E-state index contributed by atoms with van der Waals surface area (Å²) in [5, 5.41) is 0. The first-order chi connectivity index (χ1) is 5.83. The highest BCUT2D eigenvalue weighted by molar-refractivity contribution is 5.96. The molecule has 0 saturated heterocycles. The second-order valence-electron chi connectivity index (χ2n) is 3.10. The monoisotopic (exact) mass is 164 g/mol. The van der Waals surface area contributed by atoms with Crippen molar-refractivity contribution in [3.8, 4) is 0 Å². The summed E-state index contributed by atoms with van der Waals surface area (Å²) in [7, 11) is 0. The number of fused-ring (bicyclic) bond motifs is 1. The van der Waals surface area contributed by atoms with E-state index in [2.05, 4.69) is 16.5 Å². The molecule has 2 rings (SSSR count). The molecule has 0 aromatic carbocycles. The molecule has 1 aromatic heterocycles. The van der Waals surface area contributed by atoms with Gasteiger partial charge in [-0.3, -0.25) is 4.79 Å². The fraction of sp³-hybridized carbons (Fsp3) is 0.556. The highest BCUT2D eigenvalue weighted by Crippen LogP contribution is 2.19. The first-order valence-electron chi connectivity index (χ1n) is 4.40. The molecule has 0 atom stereocenters. The Bertz CT molecular complexity index is 314. The van der Waals surface area contributed by atoms with Crippen molar-refractivity contribution in [1.82, 2.24) is 9.55 Å². The number of hydrogen-bond donors (Lipinski definition) is 0. The molecule has 0 aliphatic heterocycles. The molecule has 3 heteroatoms. The first kappa shape index (κ1) is 7.53. The van der Waals surface area contributed by atoms with Gasteiger partial charge >= 0.3 is 0 Å². The van der Waals surface area contributed by atoms with E-state index in [0.29, 0.717) is 12.1 Å².